The molecule has 0 saturated heterocycles. The molecule has 76 valence electrons. The number of hydrogen-bond donors (Lipinski definition) is 2. The van der Waals surface area contributed by atoms with Crippen molar-refractivity contribution in [3.05, 3.63) is 0 Å². The smallest absolute Gasteiger partial charge is 0.220 e. The van der Waals surface area contributed by atoms with Gasteiger partial charge in [-0.2, -0.15) is 0 Å². The second kappa shape index (κ2) is 5.19. The third-order valence-electron chi connectivity index (χ3n) is 2.06. The monoisotopic (exact) mass is 187 g/mol. The SMILES string of the molecule is COCC(O)CNC(=O)CC1CC1. The molecule has 0 bridgehead atoms. The van der Waals surface area contributed by atoms with Crippen molar-refractivity contribution in [3.63, 3.8) is 0 Å². The average molecular weight is 187 g/mol. The lowest BCUT2D eigenvalue weighted by Gasteiger charge is -2.10. The van der Waals surface area contributed by atoms with Gasteiger partial charge in [0.05, 0.1) is 12.7 Å². The highest BCUT2D eigenvalue weighted by Crippen LogP contribution is 2.31. The predicted molar refractivity (Wildman–Crippen MR) is 48.2 cm³/mol. The van der Waals surface area contributed by atoms with E-state index in [9.17, 15) is 9.90 Å². The number of ether oxygens (including phenoxy) is 1. The summed E-state index contributed by atoms with van der Waals surface area (Å²) in [5.41, 5.74) is 0. The van der Waals surface area contributed by atoms with E-state index in [0.717, 1.165) is 0 Å². The van der Waals surface area contributed by atoms with Gasteiger partial charge in [0.25, 0.3) is 0 Å². The van der Waals surface area contributed by atoms with Crippen molar-refractivity contribution in [1.29, 1.82) is 0 Å². The molecule has 1 atom stereocenters. The summed E-state index contributed by atoms with van der Waals surface area (Å²) in [6.45, 7) is 0.559. The summed E-state index contributed by atoms with van der Waals surface area (Å²) >= 11 is 0. The molecule has 1 fully saturated rings. The molecule has 1 aliphatic rings. The molecule has 0 radical (unpaired) electrons. The topological polar surface area (TPSA) is 58.6 Å². The largest absolute Gasteiger partial charge is 0.389 e. The highest BCUT2D eigenvalue weighted by atomic mass is 16.5. The molecule has 1 saturated carbocycles. The van der Waals surface area contributed by atoms with E-state index >= 15 is 0 Å². The van der Waals surface area contributed by atoms with Crippen LogP contribution >= 0.6 is 0 Å². The maximum absolute atomic E-state index is 11.1. The van der Waals surface area contributed by atoms with Gasteiger partial charge >= 0.3 is 0 Å². The molecule has 1 aliphatic carbocycles. The Labute approximate surface area is 78.3 Å². The van der Waals surface area contributed by atoms with Gasteiger partial charge in [0.15, 0.2) is 0 Å². The molecule has 0 spiro atoms. The first-order valence-electron chi connectivity index (χ1n) is 4.66. The van der Waals surface area contributed by atoms with Crippen LogP contribution in [0.5, 0.6) is 0 Å². The molecular formula is C9H17NO3. The fraction of sp³-hybridized carbons (Fsp3) is 0.889. The Kier molecular flexibility index (Phi) is 4.18. The molecule has 0 aliphatic heterocycles. The first-order chi connectivity index (χ1) is 6.22. The van der Waals surface area contributed by atoms with Crippen molar-refractivity contribution in [2.45, 2.75) is 25.4 Å². The highest BCUT2D eigenvalue weighted by Gasteiger charge is 2.24. The second-order valence-corrected chi connectivity index (χ2v) is 3.56. The fourth-order valence-electron chi connectivity index (χ4n) is 1.14. The first kappa shape index (κ1) is 10.5. The number of carbonyl (C=O) groups excluding carboxylic acids is 1. The number of aliphatic hydroxyl groups excluding tert-OH is 1. The van der Waals surface area contributed by atoms with E-state index in [2.05, 4.69) is 5.32 Å². The van der Waals surface area contributed by atoms with E-state index in [1.54, 1.807) is 0 Å². The van der Waals surface area contributed by atoms with Crippen molar-refractivity contribution in [1.82, 2.24) is 5.32 Å². The molecule has 0 aromatic heterocycles. The van der Waals surface area contributed by atoms with Crippen LogP contribution in [-0.4, -0.2) is 37.4 Å². The van der Waals surface area contributed by atoms with E-state index in [0.29, 0.717) is 18.9 Å². The zero-order valence-corrected chi connectivity index (χ0v) is 7.95. The number of nitrogens with one attached hydrogen (secondary N) is 1. The van der Waals surface area contributed by atoms with Crippen molar-refractivity contribution in [3.8, 4) is 0 Å². The van der Waals surface area contributed by atoms with Gasteiger partial charge in [-0.05, 0) is 18.8 Å². The van der Waals surface area contributed by atoms with Gasteiger partial charge in [-0.25, -0.2) is 0 Å². The second-order valence-electron chi connectivity index (χ2n) is 3.56. The molecule has 1 amide bonds. The Morgan fingerprint density at radius 2 is 2.38 bits per heavy atom. The van der Waals surface area contributed by atoms with E-state index in [4.69, 9.17) is 4.74 Å². The van der Waals surface area contributed by atoms with Crippen LogP contribution in [0.1, 0.15) is 19.3 Å². The van der Waals surface area contributed by atoms with Crippen LogP contribution in [0.3, 0.4) is 0 Å². The summed E-state index contributed by atoms with van der Waals surface area (Å²) in [6.07, 6.45) is 2.37. The number of amides is 1. The lowest BCUT2D eigenvalue weighted by Crippen LogP contribution is -2.34. The van der Waals surface area contributed by atoms with Crippen molar-refractivity contribution in [2.75, 3.05) is 20.3 Å². The van der Waals surface area contributed by atoms with Crippen molar-refractivity contribution >= 4 is 5.91 Å². The number of carbonyl (C=O) groups is 1. The molecule has 4 nitrogen and oxygen atoms in total. The standard InChI is InChI=1S/C9H17NO3/c1-13-6-8(11)5-10-9(12)4-7-2-3-7/h7-8,11H,2-6H2,1H3,(H,10,12). The van der Waals surface area contributed by atoms with E-state index in [-0.39, 0.29) is 12.5 Å². The molecule has 4 heteroatoms. The van der Waals surface area contributed by atoms with Crippen LogP contribution in [0.2, 0.25) is 0 Å². The summed E-state index contributed by atoms with van der Waals surface area (Å²) in [6, 6.07) is 0. The van der Waals surface area contributed by atoms with Crippen molar-refractivity contribution < 1.29 is 14.6 Å². The maximum Gasteiger partial charge on any atom is 0.220 e. The third-order valence-corrected chi connectivity index (χ3v) is 2.06. The van der Waals surface area contributed by atoms with Gasteiger partial charge in [0, 0.05) is 20.1 Å². The van der Waals surface area contributed by atoms with Crippen LogP contribution in [0.4, 0.5) is 0 Å². The Morgan fingerprint density at radius 3 is 2.92 bits per heavy atom. The van der Waals surface area contributed by atoms with Crippen LogP contribution < -0.4 is 5.32 Å². The third kappa shape index (κ3) is 4.85. The van der Waals surface area contributed by atoms with Gasteiger partial charge in [-0.1, -0.05) is 0 Å². The molecule has 2 N–H and O–H groups in total. The summed E-state index contributed by atoms with van der Waals surface area (Å²) < 4.78 is 4.73. The van der Waals surface area contributed by atoms with Gasteiger partial charge in [0.1, 0.15) is 0 Å². The number of rotatable bonds is 6. The minimum atomic E-state index is -0.590. The zero-order valence-electron chi connectivity index (χ0n) is 7.95. The van der Waals surface area contributed by atoms with Crippen LogP contribution in [0, 0.1) is 5.92 Å². The van der Waals surface area contributed by atoms with Gasteiger partial charge in [-0.15, -0.1) is 0 Å². The van der Waals surface area contributed by atoms with E-state index in [1.165, 1.54) is 20.0 Å². The van der Waals surface area contributed by atoms with Gasteiger partial charge < -0.3 is 15.2 Å². The Bertz CT molecular complexity index is 168. The number of methoxy groups -OCH3 is 1. The Balaban J connectivity index is 1.99. The summed E-state index contributed by atoms with van der Waals surface area (Å²) in [4.78, 5) is 11.1. The molecule has 1 rings (SSSR count). The summed E-state index contributed by atoms with van der Waals surface area (Å²) in [5, 5.41) is 11.9. The van der Waals surface area contributed by atoms with E-state index in [1.807, 2.05) is 0 Å². The Hall–Kier alpha value is -0.610. The number of aliphatic hydroxyl groups is 1. The molecule has 0 aromatic rings. The molecule has 13 heavy (non-hydrogen) atoms. The van der Waals surface area contributed by atoms with Crippen LogP contribution in [-0.2, 0) is 9.53 Å². The summed E-state index contributed by atoms with van der Waals surface area (Å²) in [5.74, 6) is 0.636. The first-order valence-corrected chi connectivity index (χ1v) is 4.66. The zero-order chi connectivity index (χ0) is 9.68. The van der Waals surface area contributed by atoms with Gasteiger partial charge in [0.2, 0.25) is 5.91 Å². The van der Waals surface area contributed by atoms with Crippen molar-refractivity contribution in [2.24, 2.45) is 5.92 Å². The van der Waals surface area contributed by atoms with Crippen LogP contribution in [0.15, 0.2) is 0 Å². The molecule has 0 aromatic carbocycles. The molecular weight excluding hydrogens is 170 g/mol. The normalized spacial score (nSPS) is 18.3. The minimum Gasteiger partial charge on any atom is -0.389 e. The lowest BCUT2D eigenvalue weighted by molar-refractivity contribution is -0.122. The maximum atomic E-state index is 11.1. The predicted octanol–water partition coefficient (Wildman–Crippen LogP) is -0.0900. The molecule has 1 unspecified atom stereocenters. The lowest BCUT2D eigenvalue weighted by atomic mass is 10.2. The highest BCUT2D eigenvalue weighted by molar-refractivity contribution is 5.76. The molecule has 0 heterocycles. The fourth-order valence-corrected chi connectivity index (χ4v) is 1.14. The number of hydrogen-bond acceptors (Lipinski definition) is 3. The minimum absolute atomic E-state index is 0.0395. The van der Waals surface area contributed by atoms with E-state index < -0.39 is 6.10 Å². The van der Waals surface area contributed by atoms with Gasteiger partial charge in [-0.3, -0.25) is 4.79 Å². The quantitative estimate of drug-likeness (QED) is 0.611. The Morgan fingerprint density at radius 1 is 1.69 bits per heavy atom. The summed E-state index contributed by atoms with van der Waals surface area (Å²) in [7, 11) is 1.52. The average Bonchev–Trinajstić information content (AvgIpc) is 2.85. The van der Waals surface area contributed by atoms with Crippen LogP contribution in [0.25, 0.3) is 0 Å².